The van der Waals surface area contributed by atoms with Gasteiger partial charge >= 0.3 is 0 Å². The van der Waals surface area contributed by atoms with Crippen molar-refractivity contribution in [3.63, 3.8) is 0 Å². The monoisotopic (exact) mass is 266 g/mol. The second kappa shape index (κ2) is 5.70. The lowest BCUT2D eigenvalue weighted by Gasteiger charge is -2.26. The van der Waals surface area contributed by atoms with Crippen molar-refractivity contribution in [3.8, 4) is 0 Å². The van der Waals surface area contributed by atoms with Gasteiger partial charge in [0.25, 0.3) is 0 Å². The van der Waals surface area contributed by atoms with Crippen LogP contribution in [0.1, 0.15) is 11.3 Å². The number of nitrogens with one attached hydrogen (secondary N) is 2. The van der Waals surface area contributed by atoms with Crippen LogP contribution in [0.5, 0.6) is 0 Å². The topological polar surface area (TPSA) is 41.1 Å². The molecular weight excluding hydrogens is 255 g/mol. The summed E-state index contributed by atoms with van der Waals surface area (Å²) >= 11 is 7.27. The van der Waals surface area contributed by atoms with Crippen molar-refractivity contribution in [2.24, 2.45) is 0 Å². The Labute approximate surface area is 104 Å². The molecule has 0 aliphatic carbocycles. The summed E-state index contributed by atoms with van der Waals surface area (Å²) in [6.07, 6.45) is 0.941. The summed E-state index contributed by atoms with van der Waals surface area (Å²) in [5, 5.41) is 5.92. The molecule has 2 rings (SSSR count). The molecule has 1 saturated heterocycles. The van der Waals surface area contributed by atoms with Crippen molar-refractivity contribution in [3.05, 3.63) is 21.3 Å². The number of carbonyl (C=O) groups excluding carboxylic acids is 1. The fourth-order valence-electron chi connectivity index (χ4n) is 1.26. The molecule has 1 aliphatic rings. The molecular formula is C9H12Cl2N2OS. The Morgan fingerprint density at radius 3 is 2.87 bits per heavy atom. The summed E-state index contributed by atoms with van der Waals surface area (Å²) in [6, 6.07) is 3.79. The summed E-state index contributed by atoms with van der Waals surface area (Å²) in [7, 11) is 0. The van der Waals surface area contributed by atoms with Crippen LogP contribution in [-0.4, -0.2) is 18.5 Å². The molecule has 6 heteroatoms. The third-order valence-electron chi connectivity index (χ3n) is 2.21. The van der Waals surface area contributed by atoms with E-state index in [2.05, 4.69) is 10.6 Å². The number of hydrogen-bond donors (Lipinski definition) is 2. The van der Waals surface area contributed by atoms with Gasteiger partial charge in [-0.15, -0.1) is 23.7 Å². The smallest absolute Gasteiger partial charge is 0.237 e. The molecule has 2 heterocycles. The summed E-state index contributed by atoms with van der Waals surface area (Å²) in [6.45, 7) is 1.53. The lowest BCUT2D eigenvalue weighted by Crippen LogP contribution is -2.52. The molecule has 3 nitrogen and oxygen atoms in total. The van der Waals surface area contributed by atoms with E-state index in [1.807, 2.05) is 12.1 Å². The fraction of sp³-hybridized carbons (Fsp3) is 0.444. The van der Waals surface area contributed by atoms with E-state index in [-0.39, 0.29) is 24.4 Å². The van der Waals surface area contributed by atoms with Gasteiger partial charge in [0.05, 0.1) is 16.9 Å². The number of rotatable bonds is 3. The van der Waals surface area contributed by atoms with Crippen LogP contribution in [0.4, 0.5) is 0 Å². The van der Waals surface area contributed by atoms with Crippen LogP contribution in [0, 0.1) is 0 Å². The predicted octanol–water partition coefficient (Wildman–Crippen LogP) is 1.80. The van der Waals surface area contributed by atoms with Crippen LogP contribution >= 0.6 is 35.3 Å². The Bertz CT molecular complexity index is 339. The van der Waals surface area contributed by atoms with Crippen LogP contribution in [-0.2, 0) is 11.3 Å². The molecule has 1 amide bonds. The Hall–Kier alpha value is -0.290. The normalized spacial score (nSPS) is 18.9. The molecule has 0 aromatic carbocycles. The van der Waals surface area contributed by atoms with Gasteiger partial charge in [-0.05, 0) is 25.1 Å². The molecule has 1 aromatic heterocycles. The standard InChI is InChI=1S/C9H11ClN2OS.ClH/c10-8-2-1-6(14-8)5-12-9(13)7-3-4-11-7;/h1-2,7,11H,3-5H2,(H,12,13);1H/t7-;/m1./s1. The zero-order chi connectivity index (χ0) is 9.97. The molecule has 2 N–H and O–H groups in total. The minimum atomic E-state index is 0. The van der Waals surface area contributed by atoms with E-state index in [0.717, 1.165) is 22.2 Å². The molecule has 15 heavy (non-hydrogen) atoms. The van der Waals surface area contributed by atoms with Gasteiger partial charge < -0.3 is 10.6 Å². The van der Waals surface area contributed by atoms with Gasteiger partial charge in [-0.25, -0.2) is 0 Å². The van der Waals surface area contributed by atoms with Gasteiger partial charge in [0.15, 0.2) is 0 Å². The van der Waals surface area contributed by atoms with E-state index >= 15 is 0 Å². The first-order valence-electron chi connectivity index (χ1n) is 4.51. The molecule has 0 radical (unpaired) electrons. The third-order valence-corrected chi connectivity index (χ3v) is 3.44. The zero-order valence-corrected chi connectivity index (χ0v) is 10.3. The number of halogens is 2. The Morgan fingerprint density at radius 1 is 1.67 bits per heavy atom. The van der Waals surface area contributed by atoms with Crippen LogP contribution in [0.3, 0.4) is 0 Å². The van der Waals surface area contributed by atoms with Crippen LogP contribution in [0.25, 0.3) is 0 Å². The highest BCUT2D eigenvalue weighted by Crippen LogP contribution is 2.21. The van der Waals surface area contributed by atoms with Crippen LogP contribution in [0.15, 0.2) is 12.1 Å². The lowest BCUT2D eigenvalue weighted by molar-refractivity contribution is -0.124. The summed E-state index contributed by atoms with van der Waals surface area (Å²) in [5.74, 6) is 0.0840. The second-order valence-electron chi connectivity index (χ2n) is 3.22. The van der Waals surface area contributed by atoms with E-state index in [1.165, 1.54) is 11.3 Å². The molecule has 0 saturated carbocycles. The van der Waals surface area contributed by atoms with Crippen molar-refractivity contribution in [2.45, 2.75) is 19.0 Å². The predicted molar refractivity (Wildman–Crippen MR) is 64.8 cm³/mol. The van der Waals surface area contributed by atoms with Gasteiger partial charge in [-0.1, -0.05) is 11.6 Å². The van der Waals surface area contributed by atoms with E-state index in [9.17, 15) is 4.79 Å². The minimum Gasteiger partial charge on any atom is -0.350 e. The third kappa shape index (κ3) is 3.34. The van der Waals surface area contributed by atoms with E-state index < -0.39 is 0 Å². The van der Waals surface area contributed by atoms with E-state index in [4.69, 9.17) is 11.6 Å². The molecule has 1 fully saturated rings. The van der Waals surface area contributed by atoms with Gasteiger partial charge in [-0.2, -0.15) is 0 Å². The van der Waals surface area contributed by atoms with Crippen molar-refractivity contribution in [2.75, 3.05) is 6.54 Å². The molecule has 1 aromatic rings. The maximum Gasteiger partial charge on any atom is 0.237 e. The summed E-state index contributed by atoms with van der Waals surface area (Å²) in [5.41, 5.74) is 0. The Balaban J connectivity index is 0.00000112. The quantitative estimate of drug-likeness (QED) is 0.876. The highest BCUT2D eigenvalue weighted by molar-refractivity contribution is 7.16. The van der Waals surface area contributed by atoms with E-state index in [1.54, 1.807) is 0 Å². The average molecular weight is 267 g/mol. The fourth-order valence-corrected chi connectivity index (χ4v) is 2.28. The Morgan fingerprint density at radius 2 is 2.40 bits per heavy atom. The molecule has 0 unspecified atom stereocenters. The van der Waals surface area contributed by atoms with Crippen molar-refractivity contribution in [1.29, 1.82) is 0 Å². The maximum absolute atomic E-state index is 11.4. The van der Waals surface area contributed by atoms with Gasteiger partial charge in [0.1, 0.15) is 0 Å². The van der Waals surface area contributed by atoms with Gasteiger partial charge in [0, 0.05) is 4.88 Å². The summed E-state index contributed by atoms with van der Waals surface area (Å²) < 4.78 is 0.760. The minimum absolute atomic E-state index is 0. The first-order chi connectivity index (χ1) is 6.75. The zero-order valence-electron chi connectivity index (χ0n) is 7.96. The van der Waals surface area contributed by atoms with Crippen molar-refractivity contribution < 1.29 is 4.79 Å². The molecule has 1 atom stereocenters. The highest BCUT2D eigenvalue weighted by atomic mass is 35.5. The first kappa shape index (κ1) is 12.8. The van der Waals surface area contributed by atoms with Crippen molar-refractivity contribution >= 4 is 41.3 Å². The van der Waals surface area contributed by atoms with Gasteiger partial charge in [0.2, 0.25) is 5.91 Å². The number of hydrogen-bond acceptors (Lipinski definition) is 3. The number of carbonyl (C=O) groups is 1. The second-order valence-corrected chi connectivity index (χ2v) is 5.02. The Kier molecular flexibility index (Phi) is 4.86. The van der Waals surface area contributed by atoms with Gasteiger partial charge in [-0.3, -0.25) is 4.79 Å². The first-order valence-corrected chi connectivity index (χ1v) is 5.70. The SMILES string of the molecule is Cl.O=C(NCc1ccc(Cl)s1)[C@H]1CCN1. The highest BCUT2D eigenvalue weighted by Gasteiger charge is 2.23. The lowest BCUT2D eigenvalue weighted by atomic mass is 10.1. The van der Waals surface area contributed by atoms with Crippen molar-refractivity contribution in [1.82, 2.24) is 10.6 Å². The number of thiophene rings is 1. The molecule has 0 bridgehead atoms. The molecule has 0 spiro atoms. The average Bonchev–Trinajstić information content (AvgIpc) is 2.45. The molecule has 84 valence electrons. The largest absolute Gasteiger partial charge is 0.350 e. The summed E-state index contributed by atoms with van der Waals surface area (Å²) in [4.78, 5) is 12.5. The molecule has 1 aliphatic heterocycles. The number of amides is 1. The maximum atomic E-state index is 11.4. The van der Waals surface area contributed by atoms with Crippen LogP contribution in [0.2, 0.25) is 4.34 Å². The van der Waals surface area contributed by atoms with Crippen LogP contribution < -0.4 is 10.6 Å². The van der Waals surface area contributed by atoms with E-state index in [0.29, 0.717) is 6.54 Å².